The highest BCUT2D eigenvalue weighted by atomic mass is 31.2. The highest BCUT2D eigenvalue weighted by Crippen LogP contribution is 2.50. The van der Waals surface area contributed by atoms with E-state index in [4.69, 9.17) is 14.2 Å². The first-order valence-electron chi connectivity index (χ1n) is 6.42. The van der Waals surface area contributed by atoms with Crippen molar-refractivity contribution in [2.75, 3.05) is 19.4 Å². The molecule has 0 fully saturated rings. The number of carboxylic acid groups (broad SMARTS) is 1. The fraction of sp³-hybridized carbons (Fsp3) is 0.917. The van der Waals surface area contributed by atoms with Crippen molar-refractivity contribution >= 4 is 13.6 Å². The maximum absolute atomic E-state index is 12.3. The second kappa shape index (κ2) is 8.68. The standard InChI is InChI=1S/C12H25O5P/c1-5-16-18(15,17-6-2)9-11(7-10(3)4)8-12(13)14/h10-11H,5-9H2,1-4H3,(H,13,14). The van der Waals surface area contributed by atoms with E-state index in [0.29, 0.717) is 25.6 Å². The normalized spacial score (nSPS) is 13.8. The Kier molecular flexibility index (Phi) is 8.49. The van der Waals surface area contributed by atoms with E-state index >= 15 is 0 Å². The van der Waals surface area contributed by atoms with Crippen LogP contribution in [0, 0.1) is 11.8 Å². The third kappa shape index (κ3) is 7.85. The minimum atomic E-state index is -3.15. The summed E-state index contributed by atoms with van der Waals surface area (Å²) in [6.07, 6.45) is 0.887. The summed E-state index contributed by atoms with van der Waals surface area (Å²) in [5.41, 5.74) is 0. The number of carbonyl (C=O) groups is 1. The van der Waals surface area contributed by atoms with Crippen LogP contribution in [0.3, 0.4) is 0 Å². The van der Waals surface area contributed by atoms with Gasteiger partial charge in [0.2, 0.25) is 0 Å². The van der Waals surface area contributed by atoms with E-state index in [2.05, 4.69) is 0 Å². The SMILES string of the molecule is CCOP(=O)(CC(CC(=O)O)CC(C)C)OCC. The summed E-state index contributed by atoms with van der Waals surface area (Å²) >= 11 is 0. The van der Waals surface area contributed by atoms with E-state index in [1.165, 1.54) is 0 Å². The van der Waals surface area contributed by atoms with Crippen molar-refractivity contribution in [3.63, 3.8) is 0 Å². The van der Waals surface area contributed by atoms with Crippen LogP contribution in [0.25, 0.3) is 0 Å². The predicted octanol–water partition coefficient (Wildman–Crippen LogP) is 3.39. The van der Waals surface area contributed by atoms with Crippen LogP contribution in [-0.4, -0.2) is 30.5 Å². The Balaban J connectivity index is 4.67. The Morgan fingerprint density at radius 2 is 1.72 bits per heavy atom. The van der Waals surface area contributed by atoms with E-state index in [1.807, 2.05) is 13.8 Å². The van der Waals surface area contributed by atoms with Gasteiger partial charge < -0.3 is 14.2 Å². The molecule has 1 unspecified atom stereocenters. The van der Waals surface area contributed by atoms with Gasteiger partial charge in [-0.2, -0.15) is 0 Å². The Bertz CT molecular complexity index is 280. The molecule has 1 atom stereocenters. The van der Waals surface area contributed by atoms with Crippen molar-refractivity contribution in [3.05, 3.63) is 0 Å². The average Bonchev–Trinajstić information content (AvgIpc) is 2.14. The van der Waals surface area contributed by atoms with Crippen LogP contribution in [0.15, 0.2) is 0 Å². The molecule has 0 amide bonds. The molecule has 0 bridgehead atoms. The van der Waals surface area contributed by atoms with Gasteiger partial charge >= 0.3 is 13.6 Å². The van der Waals surface area contributed by atoms with E-state index in [9.17, 15) is 9.36 Å². The summed E-state index contributed by atoms with van der Waals surface area (Å²) in [6, 6.07) is 0. The molecule has 0 heterocycles. The van der Waals surface area contributed by atoms with Gasteiger partial charge in [-0.3, -0.25) is 9.36 Å². The molecule has 0 aromatic rings. The lowest BCUT2D eigenvalue weighted by Gasteiger charge is -2.23. The fourth-order valence-electron chi connectivity index (χ4n) is 1.99. The Hall–Kier alpha value is -0.380. The molecule has 0 aromatic heterocycles. The number of aliphatic carboxylic acids is 1. The molecule has 0 aromatic carbocycles. The van der Waals surface area contributed by atoms with Gasteiger partial charge in [-0.15, -0.1) is 0 Å². The minimum absolute atomic E-state index is 0.00230. The van der Waals surface area contributed by atoms with Crippen LogP contribution in [-0.2, 0) is 18.4 Å². The van der Waals surface area contributed by atoms with Crippen LogP contribution in [0.1, 0.15) is 40.5 Å². The molecule has 0 saturated carbocycles. The van der Waals surface area contributed by atoms with E-state index in [0.717, 1.165) is 0 Å². The summed E-state index contributed by atoms with van der Waals surface area (Å²) in [5.74, 6) is -0.697. The zero-order valence-electron chi connectivity index (χ0n) is 11.7. The fourth-order valence-corrected chi connectivity index (χ4v) is 3.97. The summed E-state index contributed by atoms with van der Waals surface area (Å²) < 4.78 is 22.8. The zero-order chi connectivity index (χ0) is 14.2. The second-order valence-corrected chi connectivity index (χ2v) is 6.83. The molecule has 108 valence electrons. The summed E-state index contributed by atoms with van der Waals surface area (Å²) in [5, 5.41) is 8.88. The highest BCUT2D eigenvalue weighted by Gasteiger charge is 2.30. The van der Waals surface area contributed by atoms with E-state index < -0.39 is 13.6 Å². The Labute approximate surface area is 109 Å². The Morgan fingerprint density at radius 1 is 1.22 bits per heavy atom. The molecule has 0 rings (SSSR count). The van der Waals surface area contributed by atoms with Crippen LogP contribution in [0.2, 0.25) is 0 Å². The molecule has 6 heteroatoms. The van der Waals surface area contributed by atoms with Gasteiger partial charge in [0, 0.05) is 6.42 Å². The maximum atomic E-state index is 12.3. The highest BCUT2D eigenvalue weighted by molar-refractivity contribution is 7.53. The Morgan fingerprint density at radius 3 is 2.06 bits per heavy atom. The number of hydrogen-bond donors (Lipinski definition) is 1. The third-order valence-corrected chi connectivity index (χ3v) is 4.67. The molecule has 18 heavy (non-hydrogen) atoms. The maximum Gasteiger partial charge on any atom is 0.330 e. The van der Waals surface area contributed by atoms with Crippen LogP contribution >= 0.6 is 7.60 Å². The molecule has 0 aliphatic rings. The first kappa shape index (κ1) is 17.6. The van der Waals surface area contributed by atoms with E-state index in [-0.39, 0.29) is 18.5 Å². The number of carboxylic acids is 1. The van der Waals surface area contributed by atoms with Crippen molar-refractivity contribution in [3.8, 4) is 0 Å². The second-order valence-electron chi connectivity index (χ2n) is 4.72. The van der Waals surface area contributed by atoms with Crippen LogP contribution in [0.5, 0.6) is 0 Å². The lowest BCUT2D eigenvalue weighted by Crippen LogP contribution is -2.16. The van der Waals surface area contributed by atoms with Crippen molar-refractivity contribution in [1.82, 2.24) is 0 Å². The molecular weight excluding hydrogens is 255 g/mol. The lowest BCUT2D eigenvalue weighted by molar-refractivity contribution is -0.138. The predicted molar refractivity (Wildman–Crippen MR) is 70.9 cm³/mol. The number of hydrogen-bond acceptors (Lipinski definition) is 4. The van der Waals surface area contributed by atoms with Crippen LogP contribution < -0.4 is 0 Å². The van der Waals surface area contributed by atoms with Crippen molar-refractivity contribution in [1.29, 1.82) is 0 Å². The third-order valence-electron chi connectivity index (χ3n) is 2.40. The van der Waals surface area contributed by atoms with Gasteiger partial charge in [-0.05, 0) is 32.1 Å². The van der Waals surface area contributed by atoms with Gasteiger partial charge in [0.15, 0.2) is 0 Å². The van der Waals surface area contributed by atoms with Gasteiger partial charge in [-0.1, -0.05) is 13.8 Å². The van der Waals surface area contributed by atoms with Crippen LogP contribution in [0.4, 0.5) is 0 Å². The smallest absolute Gasteiger partial charge is 0.330 e. The van der Waals surface area contributed by atoms with Crippen molar-refractivity contribution in [2.24, 2.45) is 11.8 Å². The molecule has 0 radical (unpaired) electrons. The first-order valence-corrected chi connectivity index (χ1v) is 8.15. The monoisotopic (exact) mass is 280 g/mol. The zero-order valence-corrected chi connectivity index (χ0v) is 12.6. The molecule has 0 aliphatic heterocycles. The quantitative estimate of drug-likeness (QED) is 0.621. The van der Waals surface area contributed by atoms with Crippen molar-refractivity contribution in [2.45, 2.75) is 40.5 Å². The first-order chi connectivity index (χ1) is 8.33. The molecule has 1 N–H and O–H groups in total. The van der Waals surface area contributed by atoms with Gasteiger partial charge in [0.25, 0.3) is 0 Å². The average molecular weight is 280 g/mol. The summed E-state index contributed by atoms with van der Waals surface area (Å²) in [4.78, 5) is 10.8. The largest absolute Gasteiger partial charge is 0.481 e. The van der Waals surface area contributed by atoms with E-state index in [1.54, 1.807) is 13.8 Å². The molecule has 0 spiro atoms. The van der Waals surface area contributed by atoms with Gasteiger partial charge in [0.05, 0.1) is 19.4 Å². The van der Waals surface area contributed by atoms with Crippen molar-refractivity contribution < 1.29 is 23.5 Å². The molecule has 5 nitrogen and oxygen atoms in total. The lowest BCUT2D eigenvalue weighted by atomic mass is 9.96. The summed E-state index contributed by atoms with van der Waals surface area (Å²) in [6.45, 7) is 8.14. The number of rotatable bonds is 10. The molecular formula is C12H25O5P. The summed E-state index contributed by atoms with van der Waals surface area (Å²) in [7, 11) is -3.15. The molecule has 0 aliphatic carbocycles. The minimum Gasteiger partial charge on any atom is -0.481 e. The topological polar surface area (TPSA) is 72.8 Å². The van der Waals surface area contributed by atoms with Gasteiger partial charge in [-0.25, -0.2) is 0 Å². The van der Waals surface area contributed by atoms with Gasteiger partial charge in [0.1, 0.15) is 0 Å². The molecule has 0 saturated heterocycles.